The average molecular weight is 807 g/mol. The quantitative estimate of drug-likeness (QED) is 0.0861. The number of fused-ring (bicyclic) bond motifs is 3. The van der Waals surface area contributed by atoms with Crippen molar-refractivity contribution in [1.82, 2.24) is 19.3 Å². The molecule has 6 heteroatoms. The molecular weight excluding hydrogens is 755 g/mol. The summed E-state index contributed by atoms with van der Waals surface area (Å²) >= 11 is 0. The fourth-order valence-electron chi connectivity index (χ4n) is 7.91. The molecule has 3 heterocycles. The monoisotopic (exact) mass is 806 g/mol. The first kappa shape index (κ1) is 39.2. The van der Waals surface area contributed by atoms with Crippen LogP contribution in [-0.4, -0.2) is 19.3 Å². The number of pyridine rings is 1. The van der Waals surface area contributed by atoms with Crippen molar-refractivity contribution in [2.24, 2.45) is 0 Å². The minimum absolute atomic E-state index is 0. The largest absolute Gasteiger partial charge is 2.00 e. The summed E-state index contributed by atoms with van der Waals surface area (Å²) in [5, 5.41) is 7.65. The Morgan fingerprint density at radius 1 is 0.741 bits per heavy atom. The number of unbranched alkanes of at least 4 members (excludes halogenated alkanes) is 1. The van der Waals surface area contributed by atoms with Crippen LogP contribution < -0.4 is 4.74 Å². The Labute approximate surface area is 335 Å². The third-order valence-corrected chi connectivity index (χ3v) is 10.3. The summed E-state index contributed by atoms with van der Waals surface area (Å²) in [6.45, 7) is 17.8. The van der Waals surface area contributed by atoms with Crippen LogP contribution in [0, 0.1) is 32.9 Å². The molecule has 0 N–H and O–H groups in total. The Morgan fingerprint density at radius 3 is 2.22 bits per heavy atom. The summed E-state index contributed by atoms with van der Waals surface area (Å²) < 4.78 is 11.1. The van der Waals surface area contributed by atoms with Crippen LogP contribution in [0.4, 0.5) is 0 Å². The normalized spacial score (nSPS) is 11.5. The fraction of sp³-hybridized carbons (Fsp3) is 0.333. The van der Waals surface area contributed by atoms with Gasteiger partial charge < -0.3 is 9.30 Å². The van der Waals surface area contributed by atoms with E-state index in [4.69, 9.17) is 14.8 Å². The van der Waals surface area contributed by atoms with Crippen LogP contribution in [0.5, 0.6) is 11.5 Å². The molecule has 0 saturated heterocycles. The number of hydrogen-bond acceptors (Lipinski definition) is 3. The van der Waals surface area contributed by atoms with Crippen molar-refractivity contribution < 1.29 is 25.2 Å². The standard InChI is InChI=1S/C48H52N4O.Pd/c1-9-12-17-35-22-23-49-46(26-35)51-43-19-14-13-18-40(43)41-21-20-38(30-45(41)51)53-39-28-36(31(4)5)27-37(29-39)52-44(16-11-3)48(42(50-52)15-10-2)47-33(7)24-32(6)25-34(47)8;/h13-14,18-28,31H,9-12,15-17H2,1-8H3;/q-2;+2. The minimum atomic E-state index is 0. The Bertz CT molecular complexity index is 2390. The molecule has 4 aromatic carbocycles. The molecule has 7 aromatic rings. The van der Waals surface area contributed by atoms with Crippen LogP contribution >= 0.6 is 0 Å². The minimum Gasteiger partial charge on any atom is -0.509 e. The van der Waals surface area contributed by atoms with Gasteiger partial charge in [0, 0.05) is 34.5 Å². The second-order valence-electron chi connectivity index (χ2n) is 14.9. The van der Waals surface area contributed by atoms with Crippen molar-refractivity contribution in [2.45, 2.75) is 106 Å². The van der Waals surface area contributed by atoms with Crippen LogP contribution in [0.15, 0.2) is 79.0 Å². The molecule has 7 rings (SSSR count). The van der Waals surface area contributed by atoms with E-state index in [-0.39, 0.29) is 26.3 Å². The molecule has 54 heavy (non-hydrogen) atoms. The van der Waals surface area contributed by atoms with Crippen molar-refractivity contribution in [3.05, 3.63) is 130 Å². The van der Waals surface area contributed by atoms with Gasteiger partial charge in [-0.15, -0.1) is 41.3 Å². The molecule has 0 radical (unpaired) electrons. The molecule has 0 bridgehead atoms. The van der Waals surface area contributed by atoms with Crippen molar-refractivity contribution in [1.29, 1.82) is 0 Å². The number of para-hydroxylation sites is 1. The summed E-state index contributed by atoms with van der Waals surface area (Å²) in [7, 11) is 0. The van der Waals surface area contributed by atoms with E-state index in [0.717, 1.165) is 78.6 Å². The Morgan fingerprint density at radius 2 is 1.50 bits per heavy atom. The molecule has 0 aliphatic rings. The van der Waals surface area contributed by atoms with Gasteiger partial charge in [-0.1, -0.05) is 95.3 Å². The van der Waals surface area contributed by atoms with E-state index in [0.29, 0.717) is 11.5 Å². The van der Waals surface area contributed by atoms with E-state index < -0.39 is 0 Å². The Balaban J connectivity index is 0.00000497. The van der Waals surface area contributed by atoms with E-state index in [9.17, 15) is 0 Å². The first-order valence-electron chi connectivity index (χ1n) is 19.6. The van der Waals surface area contributed by atoms with Gasteiger partial charge in [0.05, 0.1) is 5.69 Å². The summed E-state index contributed by atoms with van der Waals surface area (Å²) in [5.74, 6) is 2.48. The molecule has 0 atom stereocenters. The van der Waals surface area contributed by atoms with Crippen molar-refractivity contribution in [3.63, 3.8) is 0 Å². The summed E-state index contributed by atoms with van der Waals surface area (Å²) in [6, 6.07) is 33.3. The zero-order chi connectivity index (χ0) is 37.2. The maximum Gasteiger partial charge on any atom is 2.00 e. The molecule has 0 spiro atoms. The number of rotatable bonds is 13. The van der Waals surface area contributed by atoms with Gasteiger partial charge in [0.2, 0.25) is 0 Å². The number of ether oxygens (including phenoxy) is 1. The third-order valence-electron chi connectivity index (χ3n) is 10.3. The van der Waals surface area contributed by atoms with E-state index in [1.54, 1.807) is 0 Å². The zero-order valence-electron chi connectivity index (χ0n) is 33.0. The maximum absolute atomic E-state index is 6.74. The van der Waals surface area contributed by atoms with E-state index in [2.05, 4.69) is 144 Å². The van der Waals surface area contributed by atoms with Crippen LogP contribution in [0.3, 0.4) is 0 Å². The number of nitrogens with zero attached hydrogens (tertiary/aromatic N) is 4. The second kappa shape index (κ2) is 16.9. The predicted octanol–water partition coefficient (Wildman–Crippen LogP) is 12.7. The predicted molar refractivity (Wildman–Crippen MR) is 220 cm³/mol. The molecule has 0 aliphatic carbocycles. The molecule has 0 amide bonds. The molecule has 5 nitrogen and oxygen atoms in total. The second-order valence-corrected chi connectivity index (χ2v) is 14.9. The SMILES string of the molecule is CCCCc1ccnc(-n2c3[c-]c(Oc4[c-]c(-n5nc(CCC)c(-c6c(C)cc(C)cc6C)c5CCC)cc(C(C)C)c4)ccc3c3ccccc32)c1.[Pd+2]. The third kappa shape index (κ3) is 7.70. The molecule has 3 aromatic heterocycles. The summed E-state index contributed by atoms with van der Waals surface area (Å²) in [5.41, 5.74) is 14.3. The van der Waals surface area contributed by atoms with Crippen molar-refractivity contribution in [2.75, 3.05) is 0 Å². The van der Waals surface area contributed by atoms with Gasteiger partial charge >= 0.3 is 20.4 Å². The van der Waals surface area contributed by atoms with E-state index >= 15 is 0 Å². The van der Waals surface area contributed by atoms with Crippen LogP contribution in [0.25, 0.3) is 44.4 Å². The smallest absolute Gasteiger partial charge is 0.509 e. The topological polar surface area (TPSA) is 44.9 Å². The molecule has 280 valence electrons. The van der Waals surface area contributed by atoms with Gasteiger partial charge in [-0.25, -0.2) is 4.98 Å². The van der Waals surface area contributed by atoms with Crippen LogP contribution in [0.2, 0.25) is 0 Å². The van der Waals surface area contributed by atoms with Gasteiger partial charge in [0.25, 0.3) is 0 Å². The fourth-order valence-corrected chi connectivity index (χ4v) is 7.91. The Kier molecular flexibility index (Phi) is 12.3. The van der Waals surface area contributed by atoms with Crippen molar-refractivity contribution >= 4 is 21.8 Å². The van der Waals surface area contributed by atoms with Crippen molar-refractivity contribution in [3.8, 4) is 34.1 Å². The first-order valence-corrected chi connectivity index (χ1v) is 19.6. The average Bonchev–Trinajstić information content (AvgIpc) is 3.65. The maximum atomic E-state index is 6.74. The number of aromatic nitrogens is 4. The molecule has 0 aliphatic heterocycles. The zero-order valence-corrected chi connectivity index (χ0v) is 34.6. The van der Waals surface area contributed by atoms with Gasteiger partial charge in [-0.3, -0.25) is 4.68 Å². The van der Waals surface area contributed by atoms with Crippen LogP contribution in [-0.2, 0) is 39.7 Å². The Hall–Kier alpha value is -4.50. The summed E-state index contributed by atoms with van der Waals surface area (Å²) in [6.07, 6.45) is 9.14. The van der Waals surface area contributed by atoms with E-state index in [1.807, 2.05) is 12.3 Å². The van der Waals surface area contributed by atoms with Gasteiger partial charge in [0.1, 0.15) is 5.82 Å². The molecular formula is C48H52N4OPd. The number of benzene rings is 4. The first-order chi connectivity index (χ1) is 25.7. The van der Waals surface area contributed by atoms with E-state index in [1.165, 1.54) is 50.0 Å². The number of hydrogen-bond donors (Lipinski definition) is 0. The molecule has 0 saturated carbocycles. The van der Waals surface area contributed by atoms with Gasteiger partial charge in [0.15, 0.2) is 0 Å². The number of aryl methyl sites for hydroxylation is 5. The summed E-state index contributed by atoms with van der Waals surface area (Å²) in [4.78, 5) is 4.85. The van der Waals surface area contributed by atoms with Gasteiger partial charge in [-0.2, -0.15) is 11.2 Å². The molecule has 0 fully saturated rings. The van der Waals surface area contributed by atoms with Crippen LogP contribution in [0.1, 0.15) is 105 Å². The molecule has 0 unspecified atom stereocenters. The van der Waals surface area contributed by atoms with Gasteiger partial charge in [-0.05, 0) is 104 Å².